The summed E-state index contributed by atoms with van der Waals surface area (Å²) in [6, 6.07) is 0. The summed E-state index contributed by atoms with van der Waals surface area (Å²) in [7, 11) is 0. The summed E-state index contributed by atoms with van der Waals surface area (Å²) in [6.45, 7) is 3.74. The van der Waals surface area contributed by atoms with Gasteiger partial charge in [0, 0.05) is 12.2 Å². The number of carbonyl (C=O) groups excluding carboxylic acids is 1. The van der Waals surface area contributed by atoms with E-state index in [0.717, 1.165) is 12.8 Å². The van der Waals surface area contributed by atoms with Gasteiger partial charge in [0.05, 0.1) is 0 Å². The molecule has 0 heterocycles. The van der Waals surface area contributed by atoms with Crippen LogP contribution in [-0.2, 0) is 4.79 Å². The van der Waals surface area contributed by atoms with Crippen molar-refractivity contribution in [1.29, 1.82) is 0 Å². The zero-order chi connectivity index (χ0) is 11.7. The van der Waals surface area contributed by atoms with Crippen molar-refractivity contribution >= 4 is 16.9 Å². The second-order valence-electron chi connectivity index (χ2n) is 5.42. The van der Waals surface area contributed by atoms with Crippen LogP contribution in [0.25, 0.3) is 0 Å². The monoisotopic (exact) mass is 244 g/mol. The van der Waals surface area contributed by atoms with Gasteiger partial charge in [-0.05, 0) is 37.0 Å². The van der Waals surface area contributed by atoms with Crippen molar-refractivity contribution in [2.24, 2.45) is 17.8 Å². The Hall–Kier alpha value is -0.0500. The topological polar surface area (TPSA) is 17.1 Å². The molecule has 5 unspecified atom stereocenters. The standard InChI is InChI=1S/C13H21FOS/c1-8-7-12(14)10-5-3-4-6-11(10)13(8)16-9(2)15/h8,10-13H,3-7H2,1-2H3. The van der Waals surface area contributed by atoms with Gasteiger partial charge < -0.3 is 0 Å². The van der Waals surface area contributed by atoms with Gasteiger partial charge in [0.1, 0.15) is 6.17 Å². The summed E-state index contributed by atoms with van der Waals surface area (Å²) in [5.74, 6) is 1.03. The molecule has 2 aliphatic rings. The Balaban J connectivity index is 2.11. The number of hydrogen-bond donors (Lipinski definition) is 0. The Bertz CT molecular complexity index is 269. The number of carbonyl (C=O) groups is 1. The molecule has 5 atom stereocenters. The number of alkyl halides is 1. The van der Waals surface area contributed by atoms with Crippen molar-refractivity contribution in [2.75, 3.05) is 0 Å². The molecular formula is C13H21FOS. The molecule has 16 heavy (non-hydrogen) atoms. The van der Waals surface area contributed by atoms with Gasteiger partial charge in [0.15, 0.2) is 5.12 Å². The van der Waals surface area contributed by atoms with Gasteiger partial charge in [-0.1, -0.05) is 31.5 Å². The highest BCUT2D eigenvalue weighted by atomic mass is 32.2. The van der Waals surface area contributed by atoms with Crippen LogP contribution in [0.5, 0.6) is 0 Å². The lowest BCUT2D eigenvalue weighted by Gasteiger charge is -2.45. The van der Waals surface area contributed by atoms with Crippen LogP contribution in [0.1, 0.15) is 46.0 Å². The fourth-order valence-electron chi connectivity index (χ4n) is 3.53. The SMILES string of the molecule is CC(=O)SC1C(C)CC(F)C2CCCCC21. The van der Waals surface area contributed by atoms with E-state index in [2.05, 4.69) is 6.92 Å². The lowest BCUT2D eigenvalue weighted by atomic mass is 9.66. The van der Waals surface area contributed by atoms with Crippen molar-refractivity contribution in [3.05, 3.63) is 0 Å². The molecule has 0 aliphatic heterocycles. The molecular weight excluding hydrogens is 223 g/mol. The van der Waals surface area contributed by atoms with E-state index in [1.807, 2.05) is 0 Å². The Morgan fingerprint density at radius 1 is 1.25 bits per heavy atom. The molecule has 0 aromatic rings. The predicted octanol–water partition coefficient (Wildman–Crippen LogP) is 3.82. The lowest BCUT2D eigenvalue weighted by Crippen LogP contribution is -2.44. The van der Waals surface area contributed by atoms with Crippen molar-refractivity contribution in [3.8, 4) is 0 Å². The fourth-order valence-corrected chi connectivity index (χ4v) is 4.77. The number of hydrogen-bond acceptors (Lipinski definition) is 2. The van der Waals surface area contributed by atoms with Crippen LogP contribution in [0.15, 0.2) is 0 Å². The first kappa shape index (κ1) is 12.4. The van der Waals surface area contributed by atoms with Crippen molar-refractivity contribution < 1.29 is 9.18 Å². The van der Waals surface area contributed by atoms with Gasteiger partial charge in [0.25, 0.3) is 0 Å². The molecule has 0 saturated heterocycles. The quantitative estimate of drug-likeness (QED) is 0.697. The molecule has 1 nitrogen and oxygen atoms in total. The average Bonchev–Trinajstić information content (AvgIpc) is 2.24. The highest BCUT2D eigenvalue weighted by Gasteiger charge is 2.44. The molecule has 0 aromatic carbocycles. The van der Waals surface area contributed by atoms with Gasteiger partial charge in [-0.25, -0.2) is 4.39 Å². The third-order valence-corrected chi connectivity index (χ3v) is 5.64. The summed E-state index contributed by atoms with van der Waals surface area (Å²) in [4.78, 5) is 11.3. The number of rotatable bonds is 1. The van der Waals surface area contributed by atoms with E-state index in [9.17, 15) is 9.18 Å². The van der Waals surface area contributed by atoms with Crippen LogP contribution in [0.4, 0.5) is 4.39 Å². The summed E-state index contributed by atoms with van der Waals surface area (Å²) in [5.41, 5.74) is 0. The molecule has 2 fully saturated rings. The number of halogens is 1. The van der Waals surface area contributed by atoms with Crippen LogP contribution in [0.3, 0.4) is 0 Å². The third kappa shape index (κ3) is 2.44. The zero-order valence-corrected chi connectivity index (χ0v) is 10.9. The third-order valence-electron chi connectivity index (χ3n) is 4.22. The van der Waals surface area contributed by atoms with Crippen LogP contribution in [-0.4, -0.2) is 16.5 Å². The molecule has 0 radical (unpaired) electrons. The maximum absolute atomic E-state index is 14.0. The van der Waals surface area contributed by atoms with Gasteiger partial charge in [-0.15, -0.1) is 0 Å². The highest BCUT2D eigenvalue weighted by Crippen LogP contribution is 2.48. The molecule has 0 spiro atoms. The lowest BCUT2D eigenvalue weighted by molar-refractivity contribution is -0.109. The minimum atomic E-state index is -0.621. The first-order chi connectivity index (χ1) is 7.59. The molecule has 2 saturated carbocycles. The van der Waals surface area contributed by atoms with Crippen molar-refractivity contribution in [3.63, 3.8) is 0 Å². The highest BCUT2D eigenvalue weighted by molar-refractivity contribution is 8.14. The Kier molecular flexibility index (Phi) is 3.93. The molecule has 3 heteroatoms. The van der Waals surface area contributed by atoms with Crippen LogP contribution in [0.2, 0.25) is 0 Å². The summed E-state index contributed by atoms with van der Waals surface area (Å²) in [5, 5.41) is 0.563. The Morgan fingerprint density at radius 3 is 2.50 bits per heavy atom. The van der Waals surface area contributed by atoms with Gasteiger partial charge in [-0.3, -0.25) is 4.79 Å². The van der Waals surface area contributed by atoms with E-state index >= 15 is 0 Å². The van der Waals surface area contributed by atoms with Crippen molar-refractivity contribution in [2.45, 2.75) is 57.4 Å². The van der Waals surface area contributed by atoms with Gasteiger partial charge in [0.2, 0.25) is 0 Å². The predicted molar refractivity (Wildman–Crippen MR) is 66.2 cm³/mol. The van der Waals surface area contributed by atoms with Crippen LogP contribution < -0.4 is 0 Å². The Morgan fingerprint density at radius 2 is 1.88 bits per heavy atom. The normalized spacial score (nSPS) is 43.8. The first-order valence-corrected chi connectivity index (χ1v) is 7.29. The van der Waals surface area contributed by atoms with Gasteiger partial charge in [-0.2, -0.15) is 0 Å². The summed E-state index contributed by atoms with van der Waals surface area (Å²) in [6.07, 6.45) is 4.59. The van der Waals surface area contributed by atoms with Crippen LogP contribution >= 0.6 is 11.8 Å². The van der Waals surface area contributed by atoms with E-state index in [4.69, 9.17) is 0 Å². The molecule has 0 bridgehead atoms. The number of thioether (sulfide) groups is 1. The molecule has 2 rings (SSSR count). The van der Waals surface area contributed by atoms with E-state index in [1.54, 1.807) is 6.92 Å². The second kappa shape index (κ2) is 5.07. The fraction of sp³-hybridized carbons (Fsp3) is 0.923. The summed E-state index contributed by atoms with van der Waals surface area (Å²) < 4.78 is 14.0. The van der Waals surface area contributed by atoms with E-state index in [-0.39, 0.29) is 11.0 Å². The largest absolute Gasteiger partial charge is 0.288 e. The maximum Gasteiger partial charge on any atom is 0.186 e. The molecule has 2 aliphatic carbocycles. The molecule has 0 aromatic heterocycles. The first-order valence-electron chi connectivity index (χ1n) is 6.41. The average molecular weight is 244 g/mol. The number of fused-ring (bicyclic) bond motifs is 1. The Labute approximate surface area is 102 Å². The summed E-state index contributed by atoms with van der Waals surface area (Å²) >= 11 is 1.47. The maximum atomic E-state index is 14.0. The van der Waals surface area contributed by atoms with Crippen LogP contribution in [0, 0.1) is 17.8 Å². The zero-order valence-electron chi connectivity index (χ0n) is 10.1. The molecule has 0 N–H and O–H groups in total. The van der Waals surface area contributed by atoms with Crippen molar-refractivity contribution in [1.82, 2.24) is 0 Å². The minimum absolute atomic E-state index is 0.193. The smallest absolute Gasteiger partial charge is 0.186 e. The molecule has 92 valence electrons. The molecule has 0 amide bonds. The van der Waals surface area contributed by atoms with E-state index < -0.39 is 6.17 Å². The van der Waals surface area contributed by atoms with Gasteiger partial charge >= 0.3 is 0 Å². The van der Waals surface area contributed by atoms with E-state index in [1.165, 1.54) is 24.6 Å². The minimum Gasteiger partial charge on any atom is -0.288 e. The second-order valence-corrected chi connectivity index (χ2v) is 6.77. The van der Waals surface area contributed by atoms with E-state index in [0.29, 0.717) is 23.5 Å².